The van der Waals surface area contributed by atoms with Crippen LogP contribution in [0.25, 0.3) is 11.3 Å². The molecule has 1 aromatic heterocycles. The summed E-state index contributed by atoms with van der Waals surface area (Å²) in [6.45, 7) is 0. The highest BCUT2D eigenvalue weighted by Crippen LogP contribution is 2.21. The van der Waals surface area contributed by atoms with E-state index in [2.05, 4.69) is 9.97 Å². The minimum absolute atomic E-state index is 0.0593. The molecule has 0 amide bonds. The lowest BCUT2D eigenvalue weighted by molar-refractivity contribution is 1.14. The maximum Gasteiger partial charge on any atom is 0.224 e. The van der Waals surface area contributed by atoms with Crippen LogP contribution < -0.4 is 0 Å². The Bertz CT molecular complexity index is 558. The Labute approximate surface area is 102 Å². The number of hydrogen-bond acceptors (Lipinski definition) is 3. The summed E-state index contributed by atoms with van der Waals surface area (Å²) >= 11 is 11.5. The van der Waals surface area contributed by atoms with Gasteiger partial charge < -0.3 is 0 Å². The van der Waals surface area contributed by atoms with Crippen molar-refractivity contribution < 1.29 is 0 Å². The molecule has 0 aliphatic carbocycles. The number of nitrogens with zero attached hydrogens (tertiary/aromatic N) is 3. The zero-order chi connectivity index (χ0) is 11.5. The molecule has 16 heavy (non-hydrogen) atoms. The Morgan fingerprint density at radius 2 is 1.75 bits per heavy atom. The second-order valence-corrected chi connectivity index (χ2v) is 3.80. The van der Waals surface area contributed by atoms with Gasteiger partial charge in [0.15, 0.2) is 0 Å². The summed E-state index contributed by atoms with van der Waals surface area (Å²) < 4.78 is 0. The molecule has 0 unspecified atom stereocenters. The number of hydrogen-bond donors (Lipinski definition) is 0. The topological polar surface area (TPSA) is 49.6 Å². The summed E-state index contributed by atoms with van der Waals surface area (Å²) in [5, 5.41) is 9.46. The zero-order valence-electron chi connectivity index (χ0n) is 7.98. The molecule has 0 fully saturated rings. The van der Waals surface area contributed by atoms with E-state index in [0.717, 1.165) is 5.56 Å². The third-order valence-electron chi connectivity index (χ3n) is 1.95. The molecular weight excluding hydrogens is 245 g/mol. The molecule has 78 valence electrons. The van der Waals surface area contributed by atoms with Crippen LogP contribution in [0.3, 0.4) is 0 Å². The van der Waals surface area contributed by atoms with Crippen molar-refractivity contribution >= 4 is 23.2 Å². The second kappa shape index (κ2) is 4.48. The maximum absolute atomic E-state index is 8.76. The second-order valence-electron chi connectivity index (χ2n) is 3.03. The lowest BCUT2D eigenvalue weighted by Gasteiger charge is -2.01. The summed E-state index contributed by atoms with van der Waals surface area (Å²) in [5.41, 5.74) is 1.68. The van der Waals surface area contributed by atoms with Crippen LogP contribution in [-0.2, 0) is 0 Å². The van der Waals surface area contributed by atoms with Gasteiger partial charge in [0.25, 0.3) is 0 Å². The maximum atomic E-state index is 8.76. The Kier molecular flexibility index (Phi) is 3.04. The predicted octanol–water partition coefficient (Wildman–Crippen LogP) is 3.32. The van der Waals surface area contributed by atoms with E-state index in [-0.39, 0.29) is 11.0 Å². The number of halogens is 2. The van der Waals surface area contributed by atoms with Gasteiger partial charge in [-0.25, -0.2) is 9.97 Å². The lowest BCUT2D eigenvalue weighted by Crippen LogP contribution is -1.91. The highest BCUT2D eigenvalue weighted by molar-refractivity contribution is 6.30. The minimum atomic E-state index is 0.0593. The van der Waals surface area contributed by atoms with Crippen LogP contribution in [0.2, 0.25) is 10.3 Å². The fraction of sp³-hybridized carbons (Fsp3) is 0. The molecular formula is C11H5Cl2N3. The first-order valence-electron chi connectivity index (χ1n) is 4.39. The highest BCUT2D eigenvalue weighted by Gasteiger charge is 2.04. The molecule has 1 heterocycles. The first-order valence-corrected chi connectivity index (χ1v) is 5.15. The van der Waals surface area contributed by atoms with Crippen molar-refractivity contribution in [3.63, 3.8) is 0 Å². The molecule has 3 nitrogen and oxygen atoms in total. The molecule has 0 saturated heterocycles. The van der Waals surface area contributed by atoms with Gasteiger partial charge >= 0.3 is 0 Å². The standard InChI is InChI=1S/C11H5Cl2N3/c12-8-3-1-7(2-4-8)10-5-9(6-14)15-11(13)16-10/h1-5H. The van der Waals surface area contributed by atoms with E-state index in [1.165, 1.54) is 0 Å². The fourth-order valence-corrected chi connectivity index (χ4v) is 1.55. The van der Waals surface area contributed by atoms with Crippen LogP contribution in [0.1, 0.15) is 5.69 Å². The van der Waals surface area contributed by atoms with E-state index >= 15 is 0 Å². The van der Waals surface area contributed by atoms with Crippen LogP contribution in [0, 0.1) is 11.3 Å². The third-order valence-corrected chi connectivity index (χ3v) is 2.37. The largest absolute Gasteiger partial charge is 0.224 e. The normalized spacial score (nSPS) is 9.81. The molecule has 0 bridgehead atoms. The van der Waals surface area contributed by atoms with Crippen LogP contribution in [0.4, 0.5) is 0 Å². The van der Waals surface area contributed by atoms with E-state index in [9.17, 15) is 0 Å². The van der Waals surface area contributed by atoms with Gasteiger partial charge in [-0.2, -0.15) is 5.26 Å². The summed E-state index contributed by atoms with van der Waals surface area (Å²) in [6, 6.07) is 10.6. The van der Waals surface area contributed by atoms with Crippen LogP contribution in [0.5, 0.6) is 0 Å². The average Bonchev–Trinajstić information content (AvgIpc) is 2.29. The van der Waals surface area contributed by atoms with Crippen molar-refractivity contribution in [3.8, 4) is 17.3 Å². The number of nitriles is 1. The van der Waals surface area contributed by atoms with Gasteiger partial charge in [-0.15, -0.1) is 0 Å². The van der Waals surface area contributed by atoms with Crippen molar-refractivity contribution in [1.82, 2.24) is 9.97 Å². The molecule has 0 aliphatic rings. The first kappa shape index (κ1) is 10.9. The quantitative estimate of drug-likeness (QED) is 0.729. The molecule has 1 aromatic carbocycles. The SMILES string of the molecule is N#Cc1cc(-c2ccc(Cl)cc2)nc(Cl)n1. The molecule has 2 rings (SSSR count). The van der Waals surface area contributed by atoms with Gasteiger partial charge in [-0.05, 0) is 23.7 Å². The van der Waals surface area contributed by atoms with E-state index < -0.39 is 0 Å². The summed E-state index contributed by atoms with van der Waals surface area (Å²) in [4.78, 5) is 7.80. The Morgan fingerprint density at radius 1 is 1.06 bits per heavy atom. The van der Waals surface area contributed by atoms with Crippen LogP contribution >= 0.6 is 23.2 Å². The Morgan fingerprint density at radius 3 is 2.38 bits per heavy atom. The third kappa shape index (κ3) is 2.30. The fourth-order valence-electron chi connectivity index (χ4n) is 1.24. The molecule has 0 N–H and O–H groups in total. The lowest BCUT2D eigenvalue weighted by atomic mass is 10.1. The van der Waals surface area contributed by atoms with Crippen molar-refractivity contribution in [3.05, 3.63) is 46.3 Å². The smallest absolute Gasteiger partial charge is 0.218 e. The molecule has 0 radical (unpaired) electrons. The average molecular weight is 250 g/mol. The van der Waals surface area contributed by atoms with E-state index in [4.69, 9.17) is 28.5 Å². The molecule has 0 saturated carbocycles. The van der Waals surface area contributed by atoms with Gasteiger partial charge in [-0.1, -0.05) is 23.7 Å². The minimum Gasteiger partial charge on any atom is -0.218 e. The predicted molar refractivity (Wildman–Crippen MR) is 62.2 cm³/mol. The highest BCUT2D eigenvalue weighted by atomic mass is 35.5. The summed E-state index contributed by atoms with van der Waals surface area (Å²) in [6.07, 6.45) is 0. The summed E-state index contributed by atoms with van der Waals surface area (Å²) in [5.74, 6) is 0. The van der Waals surface area contributed by atoms with Crippen molar-refractivity contribution in [1.29, 1.82) is 5.26 Å². The monoisotopic (exact) mass is 249 g/mol. The number of aromatic nitrogens is 2. The van der Waals surface area contributed by atoms with Gasteiger partial charge in [0.05, 0.1) is 5.69 Å². The van der Waals surface area contributed by atoms with E-state index in [1.54, 1.807) is 18.2 Å². The van der Waals surface area contributed by atoms with Crippen LogP contribution in [0.15, 0.2) is 30.3 Å². The van der Waals surface area contributed by atoms with Gasteiger partial charge in [0, 0.05) is 16.7 Å². The van der Waals surface area contributed by atoms with Crippen LogP contribution in [-0.4, -0.2) is 9.97 Å². The van der Waals surface area contributed by atoms with Crippen molar-refractivity contribution in [2.45, 2.75) is 0 Å². The Balaban J connectivity index is 2.52. The number of benzene rings is 1. The molecule has 5 heteroatoms. The molecule has 0 atom stereocenters. The zero-order valence-corrected chi connectivity index (χ0v) is 9.50. The molecule has 0 spiro atoms. The first-order chi connectivity index (χ1) is 7.69. The van der Waals surface area contributed by atoms with E-state index in [0.29, 0.717) is 10.7 Å². The molecule has 0 aliphatic heterocycles. The Hall–Kier alpha value is -1.63. The van der Waals surface area contributed by atoms with Gasteiger partial charge in [-0.3, -0.25) is 0 Å². The van der Waals surface area contributed by atoms with Crippen molar-refractivity contribution in [2.24, 2.45) is 0 Å². The molecule has 2 aromatic rings. The van der Waals surface area contributed by atoms with Gasteiger partial charge in [0.1, 0.15) is 11.8 Å². The van der Waals surface area contributed by atoms with Crippen molar-refractivity contribution in [2.75, 3.05) is 0 Å². The number of rotatable bonds is 1. The van der Waals surface area contributed by atoms with Gasteiger partial charge in [0.2, 0.25) is 5.28 Å². The summed E-state index contributed by atoms with van der Waals surface area (Å²) in [7, 11) is 0. The van der Waals surface area contributed by atoms with E-state index in [1.807, 2.05) is 18.2 Å².